The summed E-state index contributed by atoms with van der Waals surface area (Å²) in [6, 6.07) is 8.73. The van der Waals surface area contributed by atoms with Crippen LogP contribution in [-0.4, -0.2) is 6.54 Å². The van der Waals surface area contributed by atoms with Crippen molar-refractivity contribution in [1.82, 2.24) is 5.32 Å². The molecule has 2 unspecified atom stereocenters. The molecule has 1 nitrogen and oxygen atoms in total. The molecule has 0 bridgehead atoms. The van der Waals surface area contributed by atoms with E-state index in [9.17, 15) is 0 Å². The van der Waals surface area contributed by atoms with Crippen LogP contribution < -0.4 is 5.32 Å². The Kier molecular flexibility index (Phi) is 7.38. The SMILES string of the molecule is CCCCC(C)C(NCCC)c1ccc(Cl)cc1. The lowest BCUT2D eigenvalue weighted by atomic mass is 9.90. The third kappa shape index (κ3) is 4.99. The third-order valence-corrected chi connectivity index (χ3v) is 3.68. The van der Waals surface area contributed by atoms with E-state index >= 15 is 0 Å². The molecular weight excluding hydrogens is 242 g/mol. The fourth-order valence-corrected chi connectivity index (χ4v) is 2.44. The Hall–Kier alpha value is -0.530. The van der Waals surface area contributed by atoms with Gasteiger partial charge in [-0.05, 0) is 43.0 Å². The van der Waals surface area contributed by atoms with Crippen molar-refractivity contribution in [2.45, 2.75) is 52.5 Å². The Labute approximate surface area is 117 Å². The fourth-order valence-electron chi connectivity index (χ4n) is 2.31. The third-order valence-electron chi connectivity index (χ3n) is 3.43. The van der Waals surface area contributed by atoms with Crippen LogP contribution in [0.25, 0.3) is 0 Å². The minimum Gasteiger partial charge on any atom is -0.310 e. The summed E-state index contributed by atoms with van der Waals surface area (Å²) in [6.45, 7) is 7.88. The lowest BCUT2D eigenvalue weighted by Gasteiger charge is -2.26. The number of benzene rings is 1. The first-order chi connectivity index (χ1) is 8.69. The normalized spacial score (nSPS) is 14.4. The smallest absolute Gasteiger partial charge is 0.0406 e. The van der Waals surface area contributed by atoms with Crippen molar-refractivity contribution in [2.24, 2.45) is 5.92 Å². The quantitative estimate of drug-likeness (QED) is 0.682. The number of unbranched alkanes of at least 4 members (excludes halogenated alkanes) is 1. The van der Waals surface area contributed by atoms with E-state index in [2.05, 4.69) is 38.2 Å². The van der Waals surface area contributed by atoms with Crippen LogP contribution in [0.4, 0.5) is 0 Å². The van der Waals surface area contributed by atoms with Crippen LogP contribution in [0.2, 0.25) is 5.02 Å². The van der Waals surface area contributed by atoms with E-state index in [0.717, 1.165) is 11.6 Å². The minimum atomic E-state index is 0.453. The molecule has 102 valence electrons. The van der Waals surface area contributed by atoms with Crippen LogP contribution >= 0.6 is 11.6 Å². The predicted molar refractivity (Wildman–Crippen MR) is 81.2 cm³/mol. The number of hydrogen-bond donors (Lipinski definition) is 1. The van der Waals surface area contributed by atoms with Gasteiger partial charge in [-0.25, -0.2) is 0 Å². The molecule has 0 amide bonds. The van der Waals surface area contributed by atoms with Gasteiger partial charge in [0.15, 0.2) is 0 Å². The molecule has 0 aromatic heterocycles. The molecule has 0 spiro atoms. The maximum Gasteiger partial charge on any atom is 0.0406 e. The number of rotatable bonds is 8. The molecule has 1 N–H and O–H groups in total. The molecule has 0 aliphatic rings. The Balaban J connectivity index is 2.73. The second-order valence-corrected chi connectivity index (χ2v) is 5.54. The Morgan fingerprint density at radius 1 is 1.11 bits per heavy atom. The number of hydrogen-bond acceptors (Lipinski definition) is 1. The van der Waals surface area contributed by atoms with E-state index in [-0.39, 0.29) is 0 Å². The average molecular weight is 268 g/mol. The van der Waals surface area contributed by atoms with Gasteiger partial charge in [-0.3, -0.25) is 0 Å². The summed E-state index contributed by atoms with van der Waals surface area (Å²) in [5, 5.41) is 4.48. The highest BCUT2D eigenvalue weighted by Gasteiger charge is 2.17. The van der Waals surface area contributed by atoms with Crippen LogP contribution in [0.1, 0.15) is 58.1 Å². The molecule has 18 heavy (non-hydrogen) atoms. The molecule has 0 fully saturated rings. The lowest BCUT2D eigenvalue weighted by Crippen LogP contribution is -2.27. The Bertz CT molecular complexity index is 320. The van der Waals surface area contributed by atoms with Gasteiger partial charge in [0.1, 0.15) is 0 Å². The molecule has 1 aromatic rings. The van der Waals surface area contributed by atoms with Gasteiger partial charge in [-0.15, -0.1) is 0 Å². The van der Waals surface area contributed by atoms with Crippen LogP contribution in [0.15, 0.2) is 24.3 Å². The average Bonchev–Trinajstić information content (AvgIpc) is 2.38. The zero-order chi connectivity index (χ0) is 13.4. The Morgan fingerprint density at radius 2 is 1.78 bits per heavy atom. The molecule has 0 aliphatic heterocycles. The van der Waals surface area contributed by atoms with Crippen molar-refractivity contribution in [3.8, 4) is 0 Å². The molecule has 2 heteroatoms. The van der Waals surface area contributed by atoms with Crippen molar-refractivity contribution >= 4 is 11.6 Å². The van der Waals surface area contributed by atoms with Gasteiger partial charge >= 0.3 is 0 Å². The maximum absolute atomic E-state index is 5.96. The first kappa shape index (κ1) is 15.5. The highest BCUT2D eigenvalue weighted by atomic mass is 35.5. The molecule has 0 radical (unpaired) electrons. The summed E-state index contributed by atoms with van der Waals surface area (Å²) in [7, 11) is 0. The summed E-state index contributed by atoms with van der Waals surface area (Å²) >= 11 is 5.96. The van der Waals surface area contributed by atoms with Crippen LogP contribution in [0.5, 0.6) is 0 Å². The molecule has 1 rings (SSSR count). The van der Waals surface area contributed by atoms with Gasteiger partial charge in [0.2, 0.25) is 0 Å². The second kappa shape index (κ2) is 8.55. The predicted octanol–water partition coefficient (Wildman–Crippen LogP) is 5.21. The van der Waals surface area contributed by atoms with Crippen LogP contribution in [0, 0.1) is 5.92 Å². The second-order valence-electron chi connectivity index (χ2n) is 5.10. The first-order valence-electron chi connectivity index (χ1n) is 7.17. The highest BCUT2D eigenvalue weighted by molar-refractivity contribution is 6.30. The van der Waals surface area contributed by atoms with Gasteiger partial charge in [-0.2, -0.15) is 0 Å². The maximum atomic E-state index is 5.96. The standard InChI is InChI=1S/C16H26ClN/c1-4-6-7-13(3)16(18-12-5-2)14-8-10-15(17)11-9-14/h8-11,13,16,18H,4-7,12H2,1-3H3. The first-order valence-corrected chi connectivity index (χ1v) is 7.55. The van der Waals surface area contributed by atoms with Gasteiger partial charge in [0.25, 0.3) is 0 Å². The van der Waals surface area contributed by atoms with E-state index in [0.29, 0.717) is 12.0 Å². The number of nitrogens with one attached hydrogen (secondary N) is 1. The van der Waals surface area contributed by atoms with Gasteiger partial charge in [0, 0.05) is 11.1 Å². The van der Waals surface area contributed by atoms with E-state index in [1.807, 2.05) is 12.1 Å². The zero-order valence-electron chi connectivity index (χ0n) is 11.9. The fraction of sp³-hybridized carbons (Fsp3) is 0.625. The molecule has 0 saturated heterocycles. The molecular formula is C16H26ClN. The van der Waals surface area contributed by atoms with Crippen LogP contribution in [-0.2, 0) is 0 Å². The molecule has 0 saturated carbocycles. The summed E-state index contributed by atoms with van der Waals surface area (Å²) in [6.07, 6.45) is 5.02. The van der Waals surface area contributed by atoms with Gasteiger partial charge in [-0.1, -0.05) is 57.3 Å². The summed E-state index contributed by atoms with van der Waals surface area (Å²) in [5.41, 5.74) is 1.36. The van der Waals surface area contributed by atoms with Gasteiger partial charge < -0.3 is 5.32 Å². The van der Waals surface area contributed by atoms with Gasteiger partial charge in [0.05, 0.1) is 0 Å². The number of halogens is 1. The molecule has 1 aromatic carbocycles. The van der Waals surface area contributed by atoms with Crippen molar-refractivity contribution in [2.75, 3.05) is 6.54 Å². The topological polar surface area (TPSA) is 12.0 Å². The lowest BCUT2D eigenvalue weighted by molar-refractivity contribution is 0.357. The summed E-state index contributed by atoms with van der Waals surface area (Å²) < 4.78 is 0. The van der Waals surface area contributed by atoms with E-state index in [1.165, 1.54) is 31.2 Å². The largest absolute Gasteiger partial charge is 0.310 e. The van der Waals surface area contributed by atoms with E-state index in [4.69, 9.17) is 11.6 Å². The van der Waals surface area contributed by atoms with Crippen LogP contribution in [0.3, 0.4) is 0 Å². The van der Waals surface area contributed by atoms with Crippen molar-refractivity contribution in [3.05, 3.63) is 34.9 Å². The van der Waals surface area contributed by atoms with Crippen molar-refractivity contribution < 1.29 is 0 Å². The molecule has 2 atom stereocenters. The highest BCUT2D eigenvalue weighted by Crippen LogP contribution is 2.27. The zero-order valence-corrected chi connectivity index (χ0v) is 12.6. The van der Waals surface area contributed by atoms with Crippen molar-refractivity contribution in [1.29, 1.82) is 0 Å². The monoisotopic (exact) mass is 267 g/mol. The molecule has 0 aliphatic carbocycles. The minimum absolute atomic E-state index is 0.453. The van der Waals surface area contributed by atoms with E-state index < -0.39 is 0 Å². The van der Waals surface area contributed by atoms with E-state index in [1.54, 1.807) is 0 Å². The molecule has 0 heterocycles. The summed E-state index contributed by atoms with van der Waals surface area (Å²) in [4.78, 5) is 0. The Morgan fingerprint density at radius 3 is 2.33 bits per heavy atom. The van der Waals surface area contributed by atoms with Crippen molar-refractivity contribution in [3.63, 3.8) is 0 Å². The summed E-state index contributed by atoms with van der Waals surface area (Å²) in [5.74, 6) is 0.665.